The van der Waals surface area contributed by atoms with E-state index in [1.165, 1.54) is 11.3 Å². The van der Waals surface area contributed by atoms with Crippen molar-refractivity contribution in [1.29, 1.82) is 0 Å². The molecule has 0 fully saturated rings. The van der Waals surface area contributed by atoms with Crippen molar-refractivity contribution in [3.05, 3.63) is 47.3 Å². The van der Waals surface area contributed by atoms with Crippen LogP contribution in [0.3, 0.4) is 0 Å². The third kappa shape index (κ3) is 2.36. The van der Waals surface area contributed by atoms with Crippen LogP contribution >= 0.6 is 0 Å². The molecule has 1 aromatic heterocycles. The van der Waals surface area contributed by atoms with Gasteiger partial charge in [-0.3, -0.25) is 0 Å². The van der Waals surface area contributed by atoms with Crippen LogP contribution in [0.1, 0.15) is 29.4 Å². The van der Waals surface area contributed by atoms with Crippen molar-refractivity contribution in [2.45, 2.75) is 25.8 Å². The van der Waals surface area contributed by atoms with Gasteiger partial charge in [-0.2, -0.15) is 0 Å². The summed E-state index contributed by atoms with van der Waals surface area (Å²) in [6.45, 7) is 4.47. The SMILES string of the molecule is Cc1cc(CN2CC(CCN)c3ccccc32)no1. The molecule has 0 spiro atoms. The van der Waals surface area contributed by atoms with E-state index in [2.05, 4.69) is 34.3 Å². The zero-order valence-corrected chi connectivity index (χ0v) is 11.2. The van der Waals surface area contributed by atoms with Crippen molar-refractivity contribution < 1.29 is 4.52 Å². The lowest BCUT2D eigenvalue weighted by molar-refractivity contribution is 0.390. The first-order chi connectivity index (χ1) is 9.28. The molecule has 2 heterocycles. The summed E-state index contributed by atoms with van der Waals surface area (Å²) in [7, 11) is 0. The summed E-state index contributed by atoms with van der Waals surface area (Å²) >= 11 is 0. The third-order valence-electron chi connectivity index (χ3n) is 3.70. The molecule has 1 aliphatic heterocycles. The van der Waals surface area contributed by atoms with E-state index in [0.29, 0.717) is 5.92 Å². The Morgan fingerprint density at radius 3 is 3.00 bits per heavy atom. The van der Waals surface area contributed by atoms with Crippen LogP contribution in [0.5, 0.6) is 0 Å². The fourth-order valence-corrected chi connectivity index (χ4v) is 2.87. The lowest BCUT2D eigenvalue weighted by Gasteiger charge is -2.18. The van der Waals surface area contributed by atoms with Crippen LogP contribution in [0.2, 0.25) is 0 Å². The highest BCUT2D eigenvalue weighted by Crippen LogP contribution is 2.38. The van der Waals surface area contributed by atoms with E-state index in [0.717, 1.165) is 37.5 Å². The number of rotatable bonds is 4. The topological polar surface area (TPSA) is 55.3 Å². The molecule has 0 bridgehead atoms. The van der Waals surface area contributed by atoms with Gasteiger partial charge in [0, 0.05) is 24.2 Å². The molecular formula is C15H19N3O. The van der Waals surface area contributed by atoms with Gasteiger partial charge in [-0.1, -0.05) is 23.4 Å². The quantitative estimate of drug-likeness (QED) is 0.914. The summed E-state index contributed by atoms with van der Waals surface area (Å²) in [6, 6.07) is 10.6. The molecule has 0 saturated heterocycles. The summed E-state index contributed by atoms with van der Waals surface area (Å²) in [5.74, 6) is 1.40. The van der Waals surface area contributed by atoms with Gasteiger partial charge in [0.05, 0.1) is 6.54 Å². The molecule has 1 unspecified atom stereocenters. The number of aryl methyl sites for hydroxylation is 1. The van der Waals surface area contributed by atoms with E-state index in [1.807, 2.05) is 13.0 Å². The third-order valence-corrected chi connectivity index (χ3v) is 3.70. The Bertz CT molecular complexity index is 564. The van der Waals surface area contributed by atoms with Crippen LogP contribution in [-0.4, -0.2) is 18.2 Å². The molecule has 2 N–H and O–H groups in total. The second-order valence-corrected chi connectivity index (χ2v) is 5.14. The Labute approximate surface area is 113 Å². The monoisotopic (exact) mass is 257 g/mol. The summed E-state index contributed by atoms with van der Waals surface area (Å²) in [5.41, 5.74) is 9.43. The van der Waals surface area contributed by atoms with Crippen LogP contribution < -0.4 is 10.6 Å². The molecule has 100 valence electrons. The minimum atomic E-state index is 0.536. The van der Waals surface area contributed by atoms with E-state index in [-0.39, 0.29) is 0 Å². The van der Waals surface area contributed by atoms with Gasteiger partial charge in [0.15, 0.2) is 0 Å². The van der Waals surface area contributed by atoms with Crippen molar-refractivity contribution in [3.63, 3.8) is 0 Å². The van der Waals surface area contributed by atoms with Crippen molar-refractivity contribution in [3.8, 4) is 0 Å². The predicted octanol–water partition coefficient (Wildman–Crippen LogP) is 2.44. The van der Waals surface area contributed by atoms with Crippen molar-refractivity contribution in [2.24, 2.45) is 5.73 Å². The summed E-state index contributed by atoms with van der Waals surface area (Å²) in [5, 5.41) is 4.08. The van der Waals surface area contributed by atoms with Crippen molar-refractivity contribution in [2.75, 3.05) is 18.0 Å². The van der Waals surface area contributed by atoms with E-state index in [1.54, 1.807) is 0 Å². The van der Waals surface area contributed by atoms with Crippen molar-refractivity contribution in [1.82, 2.24) is 5.16 Å². The molecule has 0 aliphatic carbocycles. The second-order valence-electron chi connectivity index (χ2n) is 5.14. The fourth-order valence-electron chi connectivity index (χ4n) is 2.87. The molecular weight excluding hydrogens is 238 g/mol. The van der Waals surface area contributed by atoms with Gasteiger partial charge in [-0.05, 0) is 31.5 Å². The lowest BCUT2D eigenvalue weighted by Crippen LogP contribution is -2.22. The van der Waals surface area contributed by atoms with E-state index >= 15 is 0 Å². The molecule has 1 atom stereocenters. The molecule has 1 aliphatic rings. The van der Waals surface area contributed by atoms with Gasteiger partial charge in [-0.15, -0.1) is 0 Å². The number of anilines is 1. The van der Waals surface area contributed by atoms with Gasteiger partial charge in [-0.25, -0.2) is 0 Å². The first-order valence-electron chi connectivity index (χ1n) is 6.74. The zero-order valence-electron chi connectivity index (χ0n) is 11.2. The Morgan fingerprint density at radius 2 is 2.26 bits per heavy atom. The Hall–Kier alpha value is -1.81. The standard InChI is InChI=1S/C15H19N3O/c1-11-8-13(17-19-11)10-18-9-12(6-7-16)14-4-2-3-5-15(14)18/h2-5,8,12H,6-7,9-10,16H2,1H3. The first-order valence-corrected chi connectivity index (χ1v) is 6.74. The first kappa shape index (κ1) is 12.2. The molecule has 0 radical (unpaired) electrons. The van der Waals surface area contributed by atoms with Crippen LogP contribution in [0.25, 0.3) is 0 Å². The highest BCUT2D eigenvalue weighted by Gasteiger charge is 2.27. The minimum Gasteiger partial charge on any atom is -0.365 e. The summed E-state index contributed by atoms with van der Waals surface area (Å²) in [4.78, 5) is 2.37. The molecule has 0 amide bonds. The fraction of sp³-hybridized carbons (Fsp3) is 0.400. The summed E-state index contributed by atoms with van der Waals surface area (Å²) < 4.78 is 5.14. The number of aromatic nitrogens is 1. The van der Waals surface area contributed by atoms with Crippen LogP contribution in [0, 0.1) is 6.92 Å². The molecule has 3 rings (SSSR count). The number of fused-ring (bicyclic) bond motifs is 1. The van der Waals surface area contributed by atoms with Gasteiger partial charge >= 0.3 is 0 Å². The largest absolute Gasteiger partial charge is 0.365 e. The Balaban J connectivity index is 1.84. The lowest BCUT2D eigenvalue weighted by atomic mass is 9.98. The van der Waals surface area contributed by atoms with Crippen LogP contribution in [0.15, 0.2) is 34.9 Å². The zero-order chi connectivity index (χ0) is 13.2. The minimum absolute atomic E-state index is 0.536. The number of benzene rings is 1. The maximum absolute atomic E-state index is 5.72. The Kier molecular flexibility index (Phi) is 3.25. The molecule has 19 heavy (non-hydrogen) atoms. The Morgan fingerprint density at radius 1 is 1.42 bits per heavy atom. The maximum atomic E-state index is 5.72. The molecule has 1 aromatic carbocycles. The van der Waals surface area contributed by atoms with Gasteiger partial charge in [0.25, 0.3) is 0 Å². The normalized spacial score (nSPS) is 17.8. The van der Waals surface area contributed by atoms with Crippen molar-refractivity contribution >= 4 is 5.69 Å². The average Bonchev–Trinajstić information content (AvgIpc) is 2.97. The van der Waals surface area contributed by atoms with E-state index in [9.17, 15) is 0 Å². The maximum Gasteiger partial charge on any atom is 0.133 e. The van der Waals surface area contributed by atoms with Crippen LogP contribution in [0.4, 0.5) is 5.69 Å². The molecule has 0 saturated carbocycles. The van der Waals surface area contributed by atoms with Gasteiger partial charge in [0.1, 0.15) is 11.5 Å². The van der Waals surface area contributed by atoms with E-state index < -0.39 is 0 Å². The number of hydrogen-bond donors (Lipinski definition) is 1. The summed E-state index contributed by atoms with van der Waals surface area (Å²) in [6.07, 6.45) is 1.03. The molecule has 4 nitrogen and oxygen atoms in total. The molecule has 4 heteroatoms. The highest BCUT2D eigenvalue weighted by molar-refractivity contribution is 5.60. The van der Waals surface area contributed by atoms with Gasteiger partial charge < -0.3 is 15.2 Å². The second kappa shape index (κ2) is 5.05. The highest BCUT2D eigenvalue weighted by atomic mass is 16.5. The molecule has 2 aromatic rings. The predicted molar refractivity (Wildman–Crippen MR) is 75.1 cm³/mol. The smallest absolute Gasteiger partial charge is 0.133 e. The average molecular weight is 257 g/mol. The number of hydrogen-bond acceptors (Lipinski definition) is 4. The number of para-hydroxylation sites is 1. The van der Waals surface area contributed by atoms with E-state index in [4.69, 9.17) is 10.3 Å². The van der Waals surface area contributed by atoms with Gasteiger partial charge in [0.2, 0.25) is 0 Å². The van der Waals surface area contributed by atoms with Crippen LogP contribution in [-0.2, 0) is 6.54 Å². The number of nitrogens with two attached hydrogens (primary N) is 1. The number of nitrogens with zero attached hydrogens (tertiary/aromatic N) is 2.